The zero-order chi connectivity index (χ0) is 20.6. The van der Waals surface area contributed by atoms with E-state index in [1.54, 1.807) is 7.11 Å². The third-order valence-corrected chi connectivity index (χ3v) is 4.56. The van der Waals surface area contributed by atoms with Gasteiger partial charge < -0.3 is 24.8 Å². The molecule has 2 heterocycles. The van der Waals surface area contributed by atoms with Crippen LogP contribution in [0.1, 0.15) is 37.6 Å². The maximum Gasteiger partial charge on any atom is 0.213 e. The summed E-state index contributed by atoms with van der Waals surface area (Å²) in [4.78, 5) is 9.15. The van der Waals surface area contributed by atoms with Crippen molar-refractivity contribution in [3.05, 3.63) is 47.2 Å². The average molecular weight is 399 g/mol. The van der Waals surface area contributed by atoms with E-state index in [0.717, 1.165) is 35.7 Å². The maximum absolute atomic E-state index is 5.91. The molecule has 0 spiro atoms. The number of fused-ring (bicyclic) bond motifs is 1. The number of rotatable bonds is 8. The molecule has 0 saturated heterocycles. The largest absolute Gasteiger partial charge is 0.494 e. The molecular formula is C22H30N4O3. The highest BCUT2D eigenvalue weighted by Crippen LogP contribution is 2.35. The number of aliphatic imine (C=N–C) groups is 1. The summed E-state index contributed by atoms with van der Waals surface area (Å²) in [5, 5.41) is 6.59. The molecule has 156 valence electrons. The smallest absolute Gasteiger partial charge is 0.213 e. The van der Waals surface area contributed by atoms with Crippen LogP contribution >= 0.6 is 0 Å². The van der Waals surface area contributed by atoms with Crippen LogP contribution in [-0.2, 0) is 19.5 Å². The number of methoxy groups -OCH3 is 1. The summed E-state index contributed by atoms with van der Waals surface area (Å²) < 4.78 is 16.9. The van der Waals surface area contributed by atoms with Gasteiger partial charge in [0.2, 0.25) is 5.88 Å². The highest BCUT2D eigenvalue weighted by Gasteiger charge is 2.21. The van der Waals surface area contributed by atoms with E-state index in [9.17, 15) is 0 Å². The van der Waals surface area contributed by atoms with Crippen molar-refractivity contribution in [2.45, 2.75) is 46.4 Å². The molecule has 1 atom stereocenters. The third kappa shape index (κ3) is 5.53. The van der Waals surface area contributed by atoms with Gasteiger partial charge in [0.1, 0.15) is 17.6 Å². The van der Waals surface area contributed by atoms with Crippen LogP contribution in [0.25, 0.3) is 0 Å². The predicted molar refractivity (Wildman–Crippen MR) is 114 cm³/mol. The molecule has 2 aromatic rings. The van der Waals surface area contributed by atoms with Gasteiger partial charge in [0.15, 0.2) is 5.96 Å². The fourth-order valence-electron chi connectivity index (χ4n) is 3.24. The molecule has 1 aliphatic heterocycles. The van der Waals surface area contributed by atoms with E-state index in [-0.39, 0.29) is 6.10 Å². The Morgan fingerprint density at radius 3 is 2.90 bits per heavy atom. The van der Waals surface area contributed by atoms with Crippen molar-refractivity contribution in [2.75, 3.05) is 20.3 Å². The van der Waals surface area contributed by atoms with Crippen molar-refractivity contribution in [3.8, 4) is 17.4 Å². The summed E-state index contributed by atoms with van der Waals surface area (Å²) >= 11 is 0. The summed E-state index contributed by atoms with van der Waals surface area (Å²) in [6.07, 6.45) is 1.11. The second-order valence-electron chi connectivity index (χ2n) is 6.85. The van der Waals surface area contributed by atoms with E-state index >= 15 is 0 Å². The number of benzene rings is 1. The monoisotopic (exact) mass is 398 g/mol. The van der Waals surface area contributed by atoms with E-state index in [4.69, 9.17) is 19.2 Å². The van der Waals surface area contributed by atoms with Gasteiger partial charge in [-0.2, -0.15) is 0 Å². The van der Waals surface area contributed by atoms with Crippen molar-refractivity contribution in [1.82, 2.24) is 15.6 Å². The maximum atomic E-state index is 5.91. The molecule has 1 aliphatic rings. The van der Waals surface area contributed by atoms with Crippen LogP contribution in [-0.4, -0.2) is 37.3 Å². The van der Waals surface area contributed by atoms with E-state index < -0.39 is 0 Å². The average Bonchev–Trinajstić information content (AvgIpc) is 3.09. The number of hydrogen-bond donors (Lipinski definition) is 2. The highest BCUT2D eigenvalue weighted by molar-refractivity contribution is 5.79. The second kappa shape index (κ2) is 10.0. The Balaban J connectivity index is 1.73. The van der Waals surface area contributed by atoms with Gasteiger partial charge in [0, 0.05) is 30.2 Å². The Morgan fingerprint density at radius 2 is 2.14 bits per heavy atom. The SMILES string of the molecule is CCNC(=NCc1cc2c(cc1OCC)CC(C)O2)NCc1cccc(OC)n1. The molecule has 3 rings (SSSR count). The molecule has 0 saturated carbocycles. The number of ether oxygens (including phenoxy) is 3. The minimum Gasteiger partial charge on any atom is -0.494 e. The molecule has 7 nitrogen and oxygen atoms in total. The lowest BCUT2D eigenvalue weighted by molar-refractivity contribution is 0.254. The van der Waals surface area contributed by atoms with Crippen molar-refractivity contribution in [1.29, 1.82) is 0 Å². The van der Waals surface area contributed by atoms with Gasteiger partial charge in [-0.3, -0.25) is 0 Å². The van der Waals surface area contributed by atoms with Crippen LogP contribution in [0, 0.1) is 0 Å². The number of nitrogens with zero attached hydrogens (tertiary/aromatic N) is 2. The quantitative estimate of drug-likeness (QED) is 0.526. The van der Waals surface area contributed by atoms with Crippen molar-refractivity contribution >= 4 is 5.96 Å². The molecule has 2 N–H and O–H groups in total. The number of guanidine groups is 1. The lowest BCUT2D eigenvalue weighted by atomic mass is 10.1. The normalized spacial score (nSPS) is 15.4. The lowest BCUT2D eigenvalue weighted by Gasteiger charge is -2.14. The molecule has 0 fully saturated rings. The Labute approximate surface area is 172 Å². The van der Waals surface area contributed by atoms with Gasteiger partial charge in [0.05, 0.1) is 32.5 Å². The van der Waals surface area contributed by atoms with E-state index in [0.29, 0.717) is 31.5 Å². The second-order valence-corrected chi connectivity index (χ2v) is 6.85. The van der Waals surface area contributed by atoms with Gasteiger partial charge >= 0.3 is 0 Å². The van der Waals surface area contributed by atoms with Crippen molar-refractivity contribution in [2.24, 2.45) is 4.99 Å². The first-order valence-electron chi connectivity index (χ1n) is 10.1. The first-order valence-corrected chi connectivity index (χ1v) is 10.1. The van der Waals surface area contributed by atoms with Crippen LogP contribution in [0.3, 0.4) is 0 Å². The van der Waals surface area contributed by atoms with Crippen LogP contribution < -0.4 is 24.8 Å². The van der Waals surface area contributed by atoms with Gasteiger partial charge in [-0.1, -0.05) is 6.07 Å². The Morgan fingerprint density at radius 1 is 1.28 bits per heavy atom. The minimum absolute atomic E-state index is 0.201. The topological polar surface area (TPSA) is 77.0 Å². The standard InChI is InChI=1S/C22H30N4O3/c1-5-23-22(25-14-18-8-7-9-21(26-18)27-4)24-13-17-12-20-16(10-15(3)29-20)11-19(17)28-6-2/h7-9,11-12,15H,5-6,10,13-14H2,1-4H3,(H2,23,24,25). The molecule has 0 bridgehead atoms. The Bertz CT molecular complexity index is 854. The molecule has 29 heavy (non-hydrogen) atoms. The summed E-state index contributed by atoms with van der Waals surface area (Å²) in [5.74, 6) is 3.12. The number of nitrogens with one attached hydrogen (secondary N) is 2. The van der Waals surface area contributed by atoms with Gasteiger partial charge in [-0.05, 0) is 39.0 Å². The zero-order valence-corrected chi connectivity index (χ0v) is 17.6. The first-order chi connectivity index (χ1) is 14.1. The zero-order valence-electron chi connectivity index (χ0n) is 17.6. The molecule has 0 amide bonds. The number of pyridine rings is 1. The molecular weight excluding hydrogens is 368 g/mol. The van der Waals surface area contributed by atoms with Crippen molar-refractivity contribution in [3.63, 3.8) is 0 Å². The molecule has 1 unspecified atom stereocenters. The fraction of sp³-hybridized carbons (Fsp3) is 0.455. The summed E-state index contributed by atoms with van der Waals surface area (Å²) in [6.45, 7) is 8.53. The van der Waals surface area contributed by atoms with Crippen LogP contribution in [0.5, 0.6) is 17.4 Å². The summed E-state index contributed by atoms with van der Waals surface area (Å²) in [5.41, 5.74) is 3.09. The highest BCUT2D eigenvalue weighted by atomic mass is 16.5. The van der Waals surface area contributed by atoms with Crippen LogP contribution in [0.4, 0.5) is 0 Å². The Hall–Kier alpha value is -2.96. The van der Waals surface area contributed by atoms with Gasteiger partial charge in [-0.15, -0.1) is 0 Å². The molecule has 0 aliphatic carbocycles. The third-order valence-electron chi connectivity index (χ3n) is 4.56. The van der Waals surface area contributed by atoms with E-state index in [1.165, 1.54) is 5.56 Å². The fourth-order valence-corrected chi connectivity index (χ4v) is 3.24. The van der Waals surface area contributed by atoms with Crippen LogP contribution in [0.2, 0.25) is 0 Å². The predicted octanol–water partition coefficient (Wildman–Crippen LogP) is 3.07. The molecule has 1 aromatic heterocycles. The molecule has 1 aromatic carbocycles. The van der Waals surface area contributed by atoms with Gasteiger partial charge in [-0.25, -0.2) is 9.98 Å². The molecule has 7 heteroatoms. The van der Waals surface area contributed by atoms with Crippen LogP contribution in [0.15, 0.2) is 35.3 Å². The van der Waals surface area contributed by atoms with Gasteiger partial charge in [0.25, 0.3) is 0 Å². The summed E-state index contributed by atoms with van der Waals surface area (Å²) in [6, 6.07) is 9.85. The number of hydrogen-bond acceptors (Lipinski definition) is 5. The molecule has 0 radical (unpaired) electrons. The first kappa shape index (κ1) is 20.8. The Kier molecular flexibility index (Phi) is 7.16. The number of aromatic nitrogens is 1. The minimum atomic E-state index is 0.201. The van der Waals surface area contributed by atoms with Crippen molar-refractivity contribution < 1.29 is 14.2 Å². The van der Waals surface area contributed by atoms with E-state index in [1.807, 2.05) is 32.0 Å². The lowest BCUT2D eigenvalue weighted by Crippen LogP contribution is -2.37. The summed E-state index contributed by atoms with van der Waals surface area (Å²) in [7, 11) is 1.61. The van der Waals surface area contributed by atoms with E-state index in [2.05, 4.69) is 34.7 Å².